The summed E-state index contributed by atoms with van der Waals surface area (Å²) >= 11 is 0. The highest BCUT2D eigenvalue weighted by Crippen LogP contribution is 2.38. The van der Waals surface area contributed by atoms with E-state index in [-0.39, 0.29) is 18.3 Å². The molecule has 2 atom stereocenters. The van der Waals surface area contributed by atoms with Crippen LogP contribution in [0.4, 0.5) is 0 Å². The molecule has 6 nitrogen and oxygen atoms in total. The van der Waals surface area contributed by atoms with Crippen molar-refractivity contribution in [3.05, 3.63) is 11.6 Å². The number of allylic oxidation sites excluding steroid dienone is 1. The molecule has 0 aromatic carbocycles. The van der Waals surface area contributed by atoms with Gasteiger partial charge in [-0.05, 0) is 13.3 Å². The van der Waals surface area contributed by atoms with E-state index in [1.807, 2.05) is 6.92 Å². The number of hydrogen-bond acceptors (Lipinski definition) is 5. The fourth-order valence-corrected chi connectivity index (χ4v) is 2.95. The second kappa shape index (κ2) is 5.93. The summed E-state index contributed by atoms with van der Waals surface area (Å²) in [5.74, 6) is -3.24. The molecule has 1 unspecified atom stereocenters. The van der Waals surface area contributed by atoms with Crippen LogP contribution in [0.5, 0.6) is 0 Å². The van der Waals surface area contributed by atoms with Crippen LogP contribution in [0, 0.1) is 11.8 Å². The van der Waals surface area contributed by atoms with Crippen molar-refractivity contribution in [2.45, 2.75) is 32.0 Å². The van der Waals surface area contributed by atoms with Crippen molar-refractivity contribution in [1.29, 1.82) is 0 Å². The van der Waals surface area contributed by atoms with Crippen LogP contribution >= 0.6 is 0 Å². The summed E-state index contributed by atoms with van der Waals surface area (Å²) in [5.41, 5.74) is 0.876. The Hall–Kier alpha value is -1.40. The van der Waals surface area contributed by atoms with Gasteiger partial charge in [0.05, 0.1) is 32.2 Å². The monoisotopic (exact) mass is 284 g/mol. The highest BCUT2D eigenvalue weighted by atomic mass is 16.7. The predicted molar refractivity (Wildman–Crippen MR) is 68.9 cm³/mol. The molecule has 0 bridgehead atoms. The fourth-order valence-electron chi connectivity index (χ4n) is 2.95. The Morgan fingerprint density at radius 3 is 2.55 bits per heavy atom. The summed E-state index contributed by atoms with van der Waals surface area (Å²) in [5, 5.41) is 9.29. The average Bonchev–Trinajstić information content (AvgIpc) is 2.83. The number of aliphatic carboxylic acids is 1. The number of carboxylic acids is 1. The molecule has 1 spiro atoms. The second-order valence-corrected chi connectivity index (χ2v) is 5.40. The van der Waals surface area contributed by atoms with Gasteiger partial charge in [0.1, 0.15) is 0 Å². The van der Waals surface area contributed by atoms with Crippen LogP contribution in [-0.4, -0.2) is 43.2 Å². The first-order chi connectivity index (χ1) is 9.46. The summed E-state index contributed by atoms with van der Waals surface area (Å²) in [6, 6.07) is 0. The number of methoxy groups -OCH3 is 1. The van der Waals surface area contributed by atoms with Crippen molar-refractivity contribution in [1.82, 2.24) is 0 Å². The molecule has 0 saturated carbocycles. The van der Waals surface area contributed by atoms with Gasteiger partial charge in [-0.25, -0.2) is 0 Å². The minimum absolute atomic E-state index is 0.215. The van der Waals surface area contributed by atoms with Crippen molar-refractivity contribution in [2.75, 3.05) is 20.3 Å². The number of rotatable bonds is 2. The Kier molecular flexibility index (Phi) is 4.45. The first kappa shape index (κ1) is 15.0. The summed E-state index contributed by atoms with van der Waals surface area (Å²) in [6.45, 7) is 2.67. The van der Waals surface area contributed by atoms with E-state index in [0.717, 1.165) is 5.57 Å². The third-order valence-electron chi connectivity index (χ3n) is 3.81. The molecule has 2 rings (SSSR count). The van der Waals surface area contributed by atoms with Crippen molar-refractivity contribution in [3.8, 4) is 0 Å². The van der Waals surface area contributed by atoms with Gasteiger partial charge in [0.25, 0.3) is 0 Å². The van der Waals surface area contributed by atoms with E-state index in [1.165, 1.54) is 7.11 Å². The topological polar surface area (TPSA) is 82.1 Å². The largest absolute Gasteiger partial charge is 0.481 e. The zero-order valence-electron chi connectivity index (χ0n) is 11.8. The van der Waals surface area contributed by atoms with Gasteiger partial charge >= 0.3 is 11.9 Å². The van der Waals surface area contributed by atoms with Crippen LogP contribution in [0.3, 0.4) is 0 Å². The zero-order chi connectivity index (χ0) is 14.8. The Morgan fingerprint density at radius 2 is 2.00 bits per heavy atom. The van der Waals surface area contributed by atoms with Crippen molar-refractivity contribution in [3.63, 3.8) is 0 Å². The minimum Gasteiger partial charge on any atom is -0.481 e. The summed E-state index contributed by atoms with van der Waals surface area (Å²) < 4.78 is 16.1. The Balaban J connectivity index is 2.29. The molecule has 0 radical (unpaired) electrons. The third kappa shape index (κ3) is 3.19. The smallest absolute Gasteiger partial charge is 0.310 e. The van der Waals surface area contributed by atoms with Gasteiger partial charge < -0.3 is 19.3 Å². The van der Waals surface area contributed by atoms with Gasteiger partial charge in [0, 0.05) is 12.8 Å². The van der Waals surface area contributed by atoms with Gasteiger partial charge in [-0.3, -0.25) is 9.59 Å². The SMILES string of the molecule is COC(=O)C1C/C(C)=C\[C@H](C(=O)O)CC2(C1)OCCO2. The molecular formula is C14H20O6. The molecular weight excluding hydrogens is 264 g/mol. The molecule has 0 aromatic rings. The molecule has 0 amide bonds. The number of carbonyl (C=O) groups excluding carboxylic acids is 1. The van der Waals surface area contributed by atoms with Crippen molar-refractivity contribution in [2.24, 2.45) is 11.8 Å². The van der Waals surface area contributed by atoms with Gasteiger partial charge in [-0.2, -0.15) is 0 Å². The maximum absolute atomic E-state index is 11.9. The molecule has 1 aliphatic heterocycles. The van der Waals surface area contributed by atoms with E-state index in [2.05, 4.69) is 0 Å². The number of esters is 1. The first-order valence-corrected chi connectivity index (χ1v) is 6.71. The van der Waals surface area contributed by atoms with Crippen LogP contribution < -0.4 is 0 Å². The van der Waals surface area contributed by atoms with Crippen LogP contribution in [0.2, 0.25) is 0 Å². The standard InChI is InChI=1S/C14H20O6/c1-9-5-10(12(15)16)7-14(19-3-4-20-14)8-11(6-9)13(17)18-2/h5,10-11H,3-4,6-8H2,1-2H3,(H,15,16)/b9-5-/t10-,11?/m0/s1. The lowest BCUT2D eigenvalue weighted by Crippen LogP contribution is -2.40. The maximum atomic E-state index is 11.9. The van der Waals surface area contributed by atoms with Crippen molar-refractivity contribution < 1.29 is 28.9 Å². The number of hydrogen-bond donors (Lipinski definition) is 1. The van der Waals surface area contributed by atoms with Gasteiger partial charge in [-0.1, -0.05) is 11.6 Å². The summed E-state index contributed by atoms with van der Waals surface area (Å²) in [7, 11) is 1.35. The predicted octanol–water partition coefficient (Wildman–Crippen LogP) is 1.35. The highest BCUT2D eigenvalue weighted by Gasteiger charge is 2.44. The number of carbonyl (C=O) groups is 2. The zero-order valence-corrected chi connectivity index (χ0v) is 11.8. The second-order valence-electron chi connectivity index (χ2n) is 5.40. The van der Waals surface area contributed by atoms with Gasteiger partial charge in [0.2, 0.25) is 0 Å². The van der Waals surface area contributed by atoms with Gasteiger partial charge in [-0.15, -0.1) is 0 Å². The number of carboxylic acid groups (broad SMARTS) is 1. The summed E-state index contributed by atoms with van der Waals surface area (Å²) in [6.07, 6.45) is 2.69. The normalized spacial score (nSPS) is 32.0. The Labute approximate surface area is 117 Å². The van der Waals surface area contributed by atoms with E-state index >= 15 is 0 Å². The number of ether oxygens (including phenoxy) is 3. The molecule has 1 saturated heterocycles. The van der Waals surface area contributed by atoms with Crippen molar-refractivity contribution >= 4 is 11.9 Å². The van der Waals surface area contributed by atoms with Gasteiger partial charge in [0.15, 0.2) is 5.79 Å². The average molecular weight is 284 g/mol. The molecule has 0 aromatic heterocycles. The quantitative estimate of drug-likeness (QED) is 0.609. The molecule has 2 aliphatic rings. The van der Waals surface area contributed by atoms with E-state index in [4.69, 9.17) is 14.2 Å². The lowest BCUT2D eigenvalue weighted by molar-refractivity contribution is -0.190. The minimum atomic E-state index is -0.987. The third-order valence-corrected chi connectivity index (χ3v) is 3.81. The highest BCUT2D eigenvalue weighted by molar-refractivity contribution is 5.74. The van der Waals surface area contributed by atoms with Crippen LogP contribution in [0.1, 0.15) is 26.2 Å². The molecule has 6 heteroatoms. The molecule has 1 aliphatic carbocycles. The van der Waals surface area contributed by atoms with E-state index in [1.54, 1.807) is 6.08 Å². The van der Waals surface area contributed by atoms with E-state index in [0.29, 0.717) is 26.1 Å². The van der Waals surface area contributed by atoms with Crippen LogP contribution in [0.25, 0.3) is 0 Å². The maximum Gasteiger partial charge on any atom is 0.310 e. The molecule has 1 fully saturated rings. The Bertz CT molecular complexity index is 421. The molecule has 112 valence electrons. The molecule has 1 N–H and O–H groups in total. The molecule has 1 heterocycles. The van der Waals surface area contributed by atoms with Crippen LogP contribution in [-0.2, 0) is 23.8 Å². The lowest BCUT2D eigenvalue weighted by Gasteiger charge is -2.34. The summed E-state index contributed by atoms with van der Waals surface area (Å²) in [4.78, 5) is 23.2. The van der Waals surface area contributed by atoms with E-state index < -0.39 is 17.7 Å². The molecule has 20 heavy (non-hydrogen) atoms. The van der Waals surface area contributed by atoms with E-state index in [9.17, 15) is 14.7 Å². The first-order valence-electron chi connectivity index (χ1n) is 6.71. The Morgan fingerprint density at radius 1 is 1.35 bits per heavy atom. The fraction of sp³-hybridized carbons (Fsp3) is 0.714. The lowest BCUT2D eigenvalue weighted by atomic mass is 9.83. The van der Waals surface area contributed by atoms with Crippen LogP contribution in [0.15, 0.2) is 11.6 Å².